The summed E-state index contributed by atoms with van der Waals surface area (Å²) >= 11 is 0. The van der Waals surface area contributed by atoms with E-state index >= 15 is 0 Å². The molecule has 0 atom stereocenters. The van der Waals surface area contributed by atoms with Crippen LogP contribution in [-0.2, 0) is 20.1 Å². The first-order valence-electron chi connectivity index (χ1n) is 8.95. The highest BCUT2D eigenvalue weighted by Crippen LogP contribution is 2.31. The summed E-state index contributed by atoms with van der Waals surface area (Å²) in [5, 5.41) is 9.12. The molecule has 3 aromatic rings. The summed E-state index contributed by atoms with van der Waals surface area (Å²) in [6, 6.07) is 13.2. The Morgan fingerprint density at radius 1 is 1.08 bits per heavy atom. The van der Waals surface area contributed by atoms with E-state index in [1.54, 1.807) is 0 Å². The topological polar surface area (TPSA) is 38.9 Å². The Kier molecular flexibility index (Phi) is 4.17. The van der Waals surface area contributed by atoms with E-state index in [1.165, 1.54) is 29.8 Å². The van der Waals surface area contributed by atoms with Crippen molar-refractivity contribution in [2.45, 2.75) is 45.8 Å². The zero-order valence-electron chi connectivity index (χ0n) is 15.2. The highest BCUT2D eigenvalue weighted by Gasteiger charge is 2.31. The zero-order chi connectivity index (χ0) is 17.4. The number of aromatic nitrogens is 4. The molecule has 0 unspecified atom stereocenters. The maximum atomic E-state index is 4.58. The summed E-state index contributed by atoms with van der Waals surface area (Å²) in [4.78, 5) is 2.58. The largest absolute Gasteiger partial charge is 0.290 e. The number of rotatable bonds is 6. The second-order valence-electron chi connectivity index (χ2n) is 6.98. The van der Waals surface area contributed by atoms with Crippen LogP contribution in [0.1, 0.15) is 35.5 Å². The van der Waals surface area contributed by atoms with Crippen molar-refractivity contribution < 1.29 is 0 Å². The van der Waals surface area contributed by atoms with Crippen LogP contribution in [0.2, 0.25) is 0 Å². The predicted molar refractivity (Wildman–Crippen MR) is 98.5 cm³/mol. The lowest BCUT2D eigenvalue weighted by molar-refractivity contribution is 0.239. The lowest BCUT2D eigenvalue weighted by atomic mass is 10.1. The predicted octanol–water partition coefficient (Wildman–Crippen LogP) is 3.39. The van der Waals surface area contributed by atoms with Gasteiger partial charge in [-0.2, -0.15) is 10.2 Å². The molecule has 2 heterocycles. The van der Waals surface area contributed by atoms with Crippen LogP contribution in [0.15, 0.2) is 42.6 Å². The molecule has 1 saturated carbocycles. The maximum absolute atomic E-state index is 4.58. The lowest BCUT2D eigenvalue weighted by Crippen LogP contribution is -2.27. The van der Waals surface area contributed by atoms with Crippen molar-refractivity contribution in [2.75, 3.05) is 0 Å². The molecule has 5 heteroatoms. The molecule has 0 bridgehead atoms. The van der Waals surface area contributed by atoms with E-state index in [0.717, 1.165) is 24.5 Å². The van der Waals surface area contributed by atoms with Crippen LogP contribution in [0.25, 0.3) is 5.69 Å². The van der Waals surface area contributed by atoms with Crippen molar-refractivity contribution in [3.05, 3.63) is 65.2 Å². The third-order valence-electron chi connectivity index (χ3n) is 5.17. The molecule has 0 spiro atoms. The van der Waals surface area contributed by atoms with Crippen LogP contribution in [0, 0.1) is 13.8 Å². The van der Waals surface area contributed by atoms with Gasteiger partial charge in [0.1, 0.15) is 0 Å². The van der Waals surface area contributed by atoms with Crippen LogP contribution in [-0.4, -0.2) is 30.5 Å². The van der Waals surface area contributed by atoms with Gasteiger partial charge in [0.25, 0.3) is 0 Å². The molecule has 5 nitrogen and oxygen atoms in total. The minimum absolute atomic E-state index is 0.679. The first-order chi connectivity index (χ1) is 12.1. The molecule has 1 aliphatic rings. The third-order valence-corrected chi connectivity index (χ3v) is 5.17. The summed E-state index contributed by atoms with van der Waals surface area (Å²) in [6.07, 6.45) is 4.48. The fourth-order valence-corrected chi connectivity index (χ4v) is 3.46. The Morgan fingerprint density at radius 3 is 2.48 bits per heavy atom. The summed E-state index contributed by atoms with van der Waals surface area (Å²) in [7, 11) is 2.03. The van der Waals surface area contributed by atoms with Gasteiger partial charge >= 0.3 is 0 Å². The highest BCUT2D eigenvalue weighted by molar-refractivity contribution is 5.32. The van der Waals surface area contributed by atoms with Crippen LogP contribution in [0.5, 0.6) is 0 Å². The van der Waals surface area contributed by atoms with E-state index in [2.05, 4.69) is 64.0 Å². The second-order valence-corrected chi connectivity index (χ2v) is 6.98. The molecule has 0 radical (unpaired) electrons. The molecule has 4 rings (SSSR count). The normalized spacial score (nSPS) is 14.4. The van der Waals surface area contributed by atoms with Gasteiger partial charge in [0.05, 0.1) is 17.1 Å². The molecule has 2 aromatic heterocycles. The fourth-order valence-electron chi connectivity index (χ4n) is 3.46. The number of hydrogen-bond acceptors (Lipinski definition) is 3. The number of aryl methyl sites for hydroxylation is 2. The smallest absolute Gasteiger partial charge is 0.0649 e. The molecule has 1 aromatic carbocycles. The molecule has 1 aliphatic carbocycles. The van der Waals surface area contributed by atoms with E-state index in [4.69, 9.17) is 0 Å². The van der Waals surface area contributed by atoms with Crippen molar-refractivity contribution >= 4 is 0 Å². The SMILES string of the molecule is Cc1nn(C)c(C)c1CN(Cc1ccnn1-c1ccccc1)C1CC1. The molecular formula is C20H25N5. The van der Waals surface area contributed by atoms with Gasteiger partial charge in [0.15, 0.2) is 0 Å². The zero-order valence-corrected chi connectivity index (χ0v) is 15.2. The minimum Gasteiger partial charge on any atom is -0.290 e. The van der Waals surface area contributed by atoms with Crippen molar-refractivity contribution in [1.29, 1.82) is 0 Å². The quantitative estimate of drug-likeness (QED) is 0.693. The fraction of sp³-hybridized carbons (Fsp3) is 0.400. The lowest BCUT2D eigenvalue weighted by Gasteiger charge is -2.23. The number of nitrogens with zero attached hydrogens (tertiary/aromatic N) is 5. The maximum Gasteiger partial charge on any atom is 0.0649 e. The van der Waals surface area contributed by atoms with Crippen molar-refractivity contribution in [1.82, 2.24) is 24.5 Å². The molecule has 1 fully saturated rings. The first kappa shape index (κ1) is 16.1. The molecule has 25 heavy (non-hydrogen) atoms. The van der Waals surface area contributed by atoms with Gasteiger partial charge in [-0.05, 0) is 44.9 Å². The van der Waals surface area contributed by atoms with Gasteiger partial charge in [-0.1, -0.05) is 18.2 Å². The van der Waals surface area contributed by atoms with Gasteiger partial charge in [0.2, 0.25) is 0 Å². The van der Waals surface area contributed by atoms with Crippen LogP contribution < -0.4 is 0 Å². The Hall–Kier alpha value is -2.40. The summed E-state index contributed by atoms with van der Waals surface area (Å²) in [6.45, 7) is 6.14. The van der Waals surface area contributed by atoms with Gasteiger partial charge in [-0.3, -0.25) is 9.58 Å². The third kappa shape index (κ3) is 3.24. The standard InChI is InChI=1S/C20H25N5/c1-15-20(16(2)23(3)22-15)14-24(17-9-10-17)13-19-11-12-21-25(19)18-7-5-4-6-8-18/h4-8,11-12,17H,9-10,13-14H2,1-3H3. The molecule has 0 N–H and O–H groups in total. The Morgan fingerprint density at radius 2 is 1.84 bits per heavy atom. The first-order valence-corrected chi connectivity index (χ1v) is 8.95. The number of hydrogen-bond donors (Lipinski definition) is 0. The van der Waals surface area contributed by atoms with E-state index in [0.29, 0.717) is 6.04 Å². The van der Waals surface area contributed by atoms with Gasteiger partial charge in [0, 0.05) is 43.6 Å². The number of benzene rings is 1. The van der Waals surface area contributed by atoms with E-state index in [9.17, 15) is 0 Å². The molecule has 0 saturated heterocycles. The molecule has 0 aliphatic heterocycles. The summed E-state index contributed by atoms with van der Waals surface area (Å²) < 4.78 is 4.04. The van der Waals surface area contributed by atoms with Gasteiger partial charge in [-0.25, -0.2) is 4.68 Å². The van der Waals surface area contributed by atoms with Crippen LogP contribution in [0.3, 0.4) is 0 Å². The monoisotopic (exact) mass is 335 g/mol. The minimum atomic E-state index is 0.679. The van der Waals surface area contributed by atoms with E-state index in [-0.39, 0.29) is 0 Å². The average molecular weight is 335 g/mol. The average Bonchev–Trinajstić information content (AvgIpc) is 3.31. The van der Waals surface area contributed by atoms with Crippen LogP contribution >= 0.6 is 0 Å². The highest BCUT2D eigenvalue weighted by atomic mass is 15.3. The molecule has 130 valence electrons. The Balaban J connectivity index is 1.59. The summed E-state index contributed by atoms with van der Waals surface area (Å²) in [5.74, 6) is 0. The number of para-hydroxylation sites is 1. The van der Waals surface area contributed by atoms with E-state index < -0.39 is 0 Å². The van der Waals surface area contributed by atoms with Gasteiger partial charge in [-0.15, -0.1) is 0 Å². The Bertz CT molecular complexity index is 858. The Labute approximate surface area is 148 Å². The summed E-state index contributed by atoms with van der Waals surface area (Å²) in [5.41, 5.74) is 6.12. The van der Waals surface area contributed by atoms with Crippen molar-refractivity contribution in [2.24, 2.45) is 7.05 Å². The second kappa shape index (κ2) is 6.48. The van der Waals surface area contributed by atoms with E-state index in [1.807, 2.05) is 24.0 Å². The van der Waals surface area contributed by atoms with Gasteiger partial charge < -0.3 is 0 Å². The van der Waals surface area contributed by atoms with Crippen molar-refractivity contribution in [3.8, 4) is 5.69 Å². The molecule has 0 amide bonds. The van der Waals surface area contributed by atoms with Crippen molar-refractivity contribution in [3.63, 3.8) is 0 Å². The van der Waals surface area contributed by atoms with Crippen LogP contribution in [0.4, 0.5) is 0 Å². The molecular weight excluding hydrogens is 310 g/mol.